The maximum absolute atomic E-state index is 12.4. The van der Waals surface area contributed by atoms with Crippen molar-refractivity contribution in [3.8, 4) is 11.8 Å². The van der Waals surface area contributed by atoms with Gasteiger partial charge >= 0.3 is 0 Å². The van der Waals surface area contributed by atoms with E-state index in [9.17, 15) is 10.1 Å². The summed E-state index contributed by atoms with van der Waals surface area (Å²) in [6.07, 6.45) is 3.08. The van der Waals surface area contributed by atoms with Gasteiger partial charge in [0, 0.05) is 11.8 Å². The standard InChI is InChI=1S/C22H17N3O2/c23-15-19(22(26)25-21-12-6-7-13-24-21)14-18-10-4-5-11-20(18)27-16-17-8-2-1-3-9-17/h1-14H,16H2,(H,24,25,26). The van der Waals surface area contributed by atoms with Crippen LogP contribution in [0.2, 0.25) is 0 Å². The second kappa shape index (κ2) is 8.97. The van der Waals surface area contributed by atoms with Crippen LogP contribution in [0.25, 0.3) is 6.08 Å². The molecular formula is C22H17N3O2. The number of amides is 1. The molecule has 0 aliphatic carbocycles. The van der Waals surface area contributed by atoms with Gasteiger partial charge in [-0.15, -0.1) is 0 Å². The van der Waals surface area contributed by atoms with E-state index in [0.717, 1.165) is 5.56 Å². The highest BCUT2D eigenvalue weighted by Crippen LogP contribution is 2.22. The van der Waals surface area contributed by atoms with E-state index >= 15 is 0 Å². The third-order valence-electron chi connectivity index (χ3n) is 3.73. The van der Waals surface area contributed by atoms with E-state index < -0.39 is 5.91 Å². The maximum Gasteiger partial charge on any atom is 0.267 e. The summed E-state index contributed by atoms with van der Waals surface area (Å²) in [5.41, 5.74) is 1.65. The lowest BCUT2D eigenvalue weighted by atomic mass is 10.1. The Labute approximate surface area is 157 Å². The predicted molar refractivity (Wildman–Crippen MR) is 104 cm³/mol. The quantitative estimate of drug-likeness (QED) is 0.531. The molecule has 1 heterocycles. The Bertz CT molecular complexity index is 977. The van der Waals surface area contributed by atoms with E-state index in [-0.39, 0.29) is 5.57 Å². The van der Waals surface area contributed by atoms with E-state index in [0.29, 0.717) is 23.7 Å². The van der Waals surface area contributed by atoms with Crippen LogP contribution in [0.4, 0.5) is 5.82 Å². The molecule has 0 spiro atoms. The zero-order chi connectivity index (χ0) is 18.9. The molecule has 27 heavy (non-hydrogen) atoms. The molecule has 0 aliphatic rings. The number of carbonyl (C=O) groups is 1. The van der Waals surface area contributed by atoms with E-state index in [1.165, 1.54) is 6.08 Å². The molecule has 0 saturated heterocycles. The smallest absolute Gasteiger partial charge is 0.267 e. The van der Waals surface area contributed by atoms with Crippen LogP contribution < -0.4 is 10.1 Å². The van der Waals surface area contributed by atoms with Crippen LogP contribution in [0.3, 0.4) is 0 Å². The average molecular weight is 355 g/mol. The predicted octanol–water partition coefficient (Wildman–Crippen LogP) is 4.21. The highest BCUT2D eigenvalue weighted by atomic mass is 16.5. The first-order chi connectivity index (χ1) is 13.3. The van der Waals surface area contributed by atoms with Gasteiger partial charge in [-0.3, -0.25) is 4.79 Å². The summed E-state index contributed by atoms with van der Waals surface area (Å²) < 4.78 is 5.87. The number of hydrogen-bond acceptors (Lipinski definition) is 4. The Morgan fingerprint density at radius 3 is 2.52 bits per heavy atom. The topological polar surface area (TPSA) is 75.0 Å². The molecule has 3 aromatic rings. The molecular weight excluding hydrogens is 338 g/mol. The van der Waals surface area contributed by atoms with Gasteiger partial charge in [-0.2, -0.15) is 5.26 Å². The van der Waals surface area contributed by atoms with Crippen molar-refractivity contribution in [2.75, 3.05) is 5.32 Å². The number of para-hydroxylation sites is 1. The summed E-state index contributed by atoms with van der Waals surface area (Å²) in [6.45, 7) is 0.397. The third kappa shape index (κ3) is 5.03. The van der Waals surface area contributed by atoms with Crippen molar-refractivity contribution in [1.29, 1.82) is 5.26 Å². The fourth-order valence-electron chi connectivity index (χ4n) is 2.39. The van der Waals surface area contributed by atoms with Gasteiger partial charge in [0.1, 0.15) is 29.8 Å². The molecule has 1 amide bonds. The first-order valence-corrected chi connectivity index (χ1v) is 8.36. The minimum Gasteiger partial charge on any atom is -0.488 e. The lowest BCUT2D eigenvalue weighted by Crippen LogP contribution is -2.14. The Hall–Kier alpha value is -3.91. The molecule has 0 fully saturated rings. The van der Waals surface area contributed by atoms with Crippen molar-refractivity contribution < 1.29 is 9.53 Å². The fraction of sp³-hybridized carbons (Fsp3) is 0.0455. The van der Waals surface area contributed by atoms with Crippen LogP contribution in [0, 0.1) is 11.3 Å². The molecule has 0 radical (unpaired) electrons. The van der Waals surface area contributed by atoms with Gasteiger partial charge in [-0.1, -0.05) is 54.6 Å². The number of anilines is 1. The average Bonchev–Trinajstić information content (AvgIpc) is 2.72. The number of carbonyl (C=O) groups excluding carboxylic acids is 1. The normalized spacial score (nSPS) is 10.7. The molecule has 2 aromatic carbocycles. The van der Waals surface area contributed by atoms with E-state index in [1.807, 2.05) is 48.5 Å². The number of hydrogen-bond donors (Lipinski definition) is 1. The first kappa shape index (κ1) is 17.9. The molecule has 1 aromatic heterocycles. The number of nitrogens with one attached hydrogen (secondary N) is 1. The van der Waals surface area contributed by atoms with Crippen molar-refractivity contribution in [2.24, 2.45) is 0 Å². The van der Waals surface area contributed by atoms with Crippen LogP contribution in [0.1, 0.15) is 11.1 Å². The number of pyridine rings is 1. The molecule has 0 aliphatic heterocycles. The molecule has 3 rings (SSSR count). The SMILES string of the molecule is N#CC(=Cc1ccccc1OCc1ccccc1)C(=O)Nc1ccccn1. The van der Waals surface area contributed by atoms with Crippen molar-refractivity contribution in [3.63, 3.8) is 0 Å². The summed E-state index contributed by atoms with van der Waals surface area (Å²) in [5.74, 6) is 0.464. The van der Waals surface area contributed by atoms with Crippen LogP contribution in [0.15, 0.2) is 84.6 Å². The Morgan fingerprint density at radius 1 is 1.04 bits per heavy atom. The van der Waals surface area contributed by atoms with E-state index in [4.69, 9.17) is 4.74 Å². The minimum atomic E-state index is -0.519. The molecule has 132 valence electrons. The lowest BCUT2D eigenvalue weighted by molar-refractivity contribution is -0.112. The lowest BCUT2D eigenvalue weighted by Gasteiger charge is -2.10. The summed E-state index contributed by atoms with van der Waals surface area (Å²) >= 11 is 0. The highest BCUT2D eigenvalue weighted by molar-refractivity contribution is 6.09. The van der Waals surface area contributed by atoms with Crippen LogP contribution in [0.5, 0.6) is 5.75 Å². The summed E-state index contributed by atoms with van der Waals surface area (Å²) in [5, 5.41) is 12.0. The molecule has 5 heteroatoms. The summed E-state index contributed by atoms with van der Waals surface area (Å²) in [4.78, 5) is 16.4. The van der Waals surface area contributed by atoms with Gasteiger partial charge in [-0.05, 0) is 29.8 Å². The van der Waals surface area contributed by atoms with E-state index in [2.05, 4.69) is 10.3 Å². The third-order valence-corrected chi connectivity index (χ3v) is 3.73. The second-order valence-corrected chi connectivity index (χ2v) is 5.65. The van der Waals surface area contributed by atoms with Gasteiger partial charge in [0.15, 0.2) is 0 Å². The fourth-order valence-corrected chi connectivity index (χ4v) is 2.39. The molecule has 0 saturated carbocycles. The Morgan fingerprint density at radius 2 is 1.78 bits per heavy atom. The van der Waals surface area contributed by atoms with Gasteiger partial charge < -0.3 is 10.1 Å². The largest absolute Gasteiger partial charge is 0.488 e. The van der Waals surface area contributed by atoms with Crippen molar-refractivity contribution in [3.05, 3.63) is 95.7 Å². The number of aromatic nitrogens is 1. The molecule has 5 nitrogen and oxygen atoms in total. The van der Waals surface area contributed by atoms with Crippen LogP contribution in [-0.2, 0) is 11.4 Å². The van der Waals surface area contributed by atoms with Crippen molar-refractivity contribution >= 4 is 17.8 Å². The zero-order valence-electron chi connectivity index (χ0n) is 14.5. The molecule has 0 bridgehead atoms. The van der Waals surface area contributed by atoms with Crippen molar-refractivity contribution in [1.82, 2.24) is 4.98 Å². The van der Waals surface area contributed by atoms with E-state index in [1.54, 1.807) is 36.5 Å². The van der Waals surface area contributed by atoms with Crippen LogP contribution in [-0.4, -0.2) is 10.9 Å². The first-order valence-electron chi connectivity index (χ1n) is 8.36. The number of benzene rings is 2. The maximum atomic E-state index is 12.4. The number of ether oxygens (including phenoxy) is 1. The zero-order valence-corrected chi connectivity index (χ0v) is 14.5. The summed E-state index contributed by atoms with van der Waals surface area (Å²) in [7, 11) is 0. The minimum absolute atomic E-state index is 0.0311. The van der Waals surface area contributed by atoms with Gasteiger partial charge in [-0.25, -0.2) is 4.98 Å². The van der Waals surface area contributed by atoms with Gasteiger partial charge in [0.25, 0.3) is 5.91 Å². The highest BCUT2D eigenvalue weighted by Gasteiger charge is 2.11. The number of nitriles is 1. The Kier molecular flexibility index (Phi) is 5.95. The summed E-state index contributed by atoms with van der Waals surface area (Å²) in [6, 6.07) is 24.1. The van der Waals surface area contributed by atoms with Gasteiger partial charge in [0.2, 0.25) is 0 Å². The Balaban J connectivity index is 1.78. The number of rotatable bonds is 6. The molecule has 0 unspecified atom stereocenters. The van der Waals surface area contributed by atoms with Crippen LogP contribution >= 0.6 is 0 Å². The molecule has 1 N–H and O–H groups in total. The molecule has 0 atom stereocenters. The van der Waals surface area contributed by atoms with Crippen molar-refractivity contribution in [2.45, 2.75) is 6.61 Å². The second-order valence-electron chi connectivity index (χ2n) is 5.65. The van der Waals surface area contributed by atoms with Gasteiger partial charge in [0.05, 0.1) is 0 Å². The monoisotopic (exact) mass is 355 g/mol. The number of nitrogens with zero attached hydrogens (tertiary/aromatic N) is 2.